The highest BCUT2D eigenvalue weighted by atomic mass is 15.3. The summed E-state index contributed by atoms with van der Waals surface area (Å²) in [6.07, 6.45) is 5.33. The summed E-state index contributed by atoms with van der Waals surface area (Å²) in [4.78, 5) is 2.46. The molecule has 0 bridgehead atoms. The first kappa shape index (κ1) is 18.4. The zero-order valence-electron chi connectivity index (χ0n) is 17.1. The van der Waals surface area contributed by atoms with Crippen LogP contribution < -0.4 is 4.90 Å². The van der Waals surface area contributed by atoms with Gasteiger partial charge in [0.1, 0.15) is 24.0 Å². The Labute approximate surface area is 158 Å². The minimum atomic E-state index is 0.410. The zero-order chi connectivity index (χ0) is 19.0. The standard InChI is InChI=1S/C24H31N2/c1-8-9-22-14-25(23-18(4)10-16(2)11-19(23)5)15-26(22)24-20(6)12-17(3)13-21(24)7/h8,10-13,15,22H,1,9,14H2,2-7H3/q+1. The molecule has 0 saturated heterocycles. The number of anilines is 1. The molecule has 136 valence electrons. The van der Waals surface area contributed by atoms with Crippen molar-refractivity contribution in [2.24, 2.45) is 0 Å². The van der Waals surface area contributed by atoms with E-state index in [4.69, 9.17) is 0 Å². The van der Waals surface area contributed by atoms with Crippen LogP contribution in [0.3, 0.4) is 0 Å². The molecule has 26 heavy (non-hydrogen) atoms. The Morgan fingerprint density at radius 2 is 1.42 bits per heavy atom. The summed E-state index contributed by atoms with van der Waals surface area (Å²) in [5, 5.41) is 0. The lowest BCUT2D eigenvalue weighted by Crippen LogP contribution is -2.32. The van der Waals surface area contributed by atoms with Crippen LogP contribution in [-0.2, 0) is 0 Å². The fraction of sp³-hybridized carbons (Fsp3) is 0.375. The first-order valence-corrected chi connectivity index (χ1v) is 9.48. The van der Waals surface area contributed by atoms with E-state index in [0.29, 0.717) is 6.04 Å². The molecule has 0 fully saturated rings. The summed E-state index contributed by atoms with van der Waals surface area (Å²) in [7, 11) is 0. The van der Waals surface area contributed by atoms with Crippen LogP contribution in [-0.4, -0.2) is 23.5 Å². The third-order valence-electron chi connectivity index (χ3n) is 5.32. The first-order chi connectivity index (χ1) is 12.3. The molecule has 1 heterocycles. The molecule has 1 unspecified atom stereocenters. The van der Waals surface area contributed by atoms with Gasteiger partial charge < -0.3 is 0 Å². The first-order valence-electron chi connectivity index (χ1n) is 9.48. The second kappa shape index (κ2) is 7.11. The van der Waals surface area contributed by atoms with Crippen LogP contribution in [0, 0.1) is 41.5 Å². The molecule has 1 atom stereocenters. The van der Waals surface area contributed by atoms with Gasteiger partial charge in [-0.3, -0.25) is 0 Å². The largest absolute Gasteiger partial charge is 0.245 e. The average molecular weight is 348 g/mol. The fourth-order valence-electron chi connectivity index (χ4n) is 4.58. The van der Waals surface area contributed by atoms with Crippen LogP contribution in [0.15, 0.2) is 36.9 Å². The number of hydrogen-bond donors (Lipinski definition) is 0. The molecule has 0 radical (unpaired) electrons. The van der Waals surface area contributed by atoms with Gasteiger partial charge in [-0.2, -0.15) is 0 Å². The van der Waals surface area contributed by atoms with Crippen molar-refractivity contribution in [3.63, 3.8) is 0 Å². The minimum Gasteiger partial charge on any atom is -0.229 e. The number of benzene rings is 2. The Kier molecular flexibility index (Phi) is 5.04. The maximum atomic E-state index is 4.00. The van der Waals surface area contributed by atoms with Gasteiger partial charge in [0.15, 0.2) is 0 Å². The summed E-state index contributed by atoms with van der Waals surface area (Å²) in [5.74, 6) is 0. The monoisotopic (exact) mass is 347 g/mol. The Hall–Kier alpha value is -2.35. The van der Waals surface area contributed by atoms with E-state index in [-0.39, 0.29) is 0 Å². The highest BCUT2D eigenvalue weighted by Gasteiger charge is 2.35. The molecule has 2 nitrogen and oxygen atoms in total. The Morgan fingerprint density at radius 3 is 1.92 bits per heavy atom. The molecule has 0 aliphatic carbocycles. The molecule has 0 amide bonds. The van der Waals surface area contributed by atoms with Gasteiger partial charge in [-0.1, -0.05) is 41.5 Å². The van der Waals surface area contributed by atoms with Gasteiger partial charge in [0.05, 0.1) is 0 Å². The van der Waals surface area contributed by atoms with Crippen molar-refractivity contribution in [2.45, 2.75) is 54.0 Å². The van der Waals surface area contributed by atoms with Crippen LogP contribution in [0.5, 0.6) is 0 Å². The van der Waals surface area contributed by atoms with E-state index in [2.05, 4.69) is 88.2 Å². The molecule has 2 heteroatoms. The van der Waals surface area contributed by atoms with Gasteiger partial charge in [0, 0.05) is 6.42 Å². The van der Waals surface area contributed by atoms with E-state index in [1.54, 1.807) is 0 Å². The van der Waals surface area contributed by atoms with E-state index in [1.165, 1.54) is 44.8 Å². The SMILES string of the molecule is C=CCC1C[N+](c2c(C)cc(C)cc2C)=CN1c1c(C)cc(C)cc1C. The number of rotatable bonds is 4. The fourth-order valence-corrected chi connectivity index (χ4v) is 4.58. The predicted octanol–water partition coefficient (Wildman–Crippen LogP) is 5.67. The molecule has 0 spiro atoms. The van der Waals surface area contributed by atoms with Crippen molar-refractivity contribution in [1.82, 2.24) is 0 Å². The molecule has 2 aromatic rings. The Morgan fingerprint density at radius 1 is 0.923 bits per heavy atom. The van der Waals surface area contributed by atoms with Gasteiger partial charge in [0.25, 0.3) is 0 Å². The molecule has 1 aliphatic rings. The van der Waals surface area contributed by atoms with E-state index >= 15 is 0 Å². The maximum absolute atomic E-state index is 4.00. The van der Waals surface area contributed by atoms with E-state index in [0.717, 1.165) is 13.0 Å². The summed E-state index contributed by atoms with van der Waals surface area (Å²) < 4.78 is 2.43. The molecule has 1 aliphatic heterocycles. The highest BCUT2D eigenvalue weighted by molar-refractivity contribution is 5.83. The quantitative estimate of drug-likeness (QED) is 0.510. The highest BCUT2D eigenvalue weighted by Crippen LogP contribution is 2.33. The van der Waals surface area contributed by atoms with Crippen molar-refractivity contribution in [1.29, 1.82) is 0 Å². The second-order valence-corrected chi connectivity index (χ2v) is 7.85. The molecular formula is C24H31N2+. The third-order valence-corrected chi connectivity index (χ3v) is 5.32. The van der Waals surface area contributed by atoms with E-state index in [1.807, 2.05) is 6.08 Å². The van der Waals surface area contributed by atoms with Gasteiger partial charge in [-0.15, -0.1) is 6.58 Å². The van der Waals surface area contributed by atoms with Gasteiger partial charge >= 0.3 is 0 Å². The summed E-state index contributed by atoms with van der Waals surface area (Å²) in [6, 6.07) is 9.54. The van der Waals surface area contributed by atoms with Crippen LogP contribution in [0.25, 0.3) is 0 Å². The lowest BCUT2D eigenvalue weighted by atomic mass is 10.0. The maximum Gasteiger partial charge on any atom is 0.245 e. The van der Waals surface area contributed by atoms with Gasteiger partial charge in [0.2, 0.25) is 6.34 Å². The van der Waals surface area contributed by atoms with E-state index < -0.39 is 0 Å². The van der Waals surface area contributed by atoms with Gasteiger partial charge in [-0.05, 0) is 63.8 Å². The second-order valence-electron chi connectivity index (χ2n) is 7.85. The normalized spacial score (nSPS) is 16.8. The van der Waals surface area contributed by atoms with Gasteiger partial charge in [-0.25, -0.2) is 9.48 Å². The van der Waals surface area contributed by atoms with Crippen LogP contribution >= 0.6 is 0 Å². The minimum absolute atomic E-state index is 0.410. The van der Waals surface area contributed by atoms with Crippen molar-refractivity contribution in [2.75, 3.05) is 11.4 Å². The van der Waals surface area contributed by atoms with Crippen LogP contribution in [0.4, 0.5) is 11.4 Å². The Balaban J connectivity index is 2.12. The topological polar surface area (TPSA) is 6.25 Å². The predicted molar refractivity (Wildman–Crippen MR) is 113 cm³/mol. The van der Waals surface area contributed by atoms with Crippen LogP contribution in [0.2, 0.25) is 0 Å². The summed E-state index contributed by atoms with van der Waals surface area (Å²) >= 11 is 0. The van der Waals surface area contributed by atoms with Crippen molar-refractivity contribution in [3.05, 3.63) is 70.3 Å². The molecule has 3 rings (SSSR count). The summed E-state index contributed by atoms with van der Waals surface area (Å²) in [6.45, 7) is 18.2. The summed E-state index contributed by atoms with van der Waals surface area (Å²) in [5.41, 5.74) is 10.7. The van der Waals surface area contributed by atoms with Crippen molar-refractivity contribution >= 4 is 17.7 Å². The molecule has 0 aromatic heterocycles. The van der Waals surface area contributed by atoms with Crippen molar-refractivity contribution < 1.29 is 4.58 Å². The number of hydrogen-bond acceptors (Lipinski definition) is 1. The van der Waals surface area contributed by atoms with E-state index in [9.17, 15) is 0 Å². The van der Waals surface area contributed by atoms with Crippen molar-refractivity contribution in [3.8, 4) is 0 Å². The lowest BCUT2D eigenvalue weighted by Gasteiger charge is -2.20. The van der Waals surface area contributed by atoms with Crippen LogP contribution in [0.1, 0.15) is 39.8 Å². The molecular weight excluding hydrogens is 316 g/mol. The molecule has 2 aromatic carbocycles. The molecule has 0 N–H and O–H groups in total. The third kappa shape index (κ3) is 3.33. The smallest absolute Gasteiger partial charge is 0.229 e. The average Bonchev–Trinajstić information content (AvgIpc) is 2.89. The Bertz CT molecular complexity index is 843. The number of nitrogens with zero attached hydrogens (tertiary/aromatic N) is 2. The number of aryl methyl sites for hydroxylation is 6. The lowest BCUT2D eigenvalue weighted by molar-refractivity contribution is -0.429. The molecule has 0 saturated carbocycles. The zero-order valence-corrected chi connectivity index (χ0v) is 17.1.